The number of likely N-dealkylation sites (N-methyl/N-ethyl adjacent to an activating group) is 1. The van der Waals surface area contributed by atoms with Crippen LogP contribution in [-0.4, -0.2) is 63.9 Å². The summed E-state index contributed by atoms with van der Waals surface area (Å²) in [5.74, 6) is 1.03. The smallest absolute Gasteiger partial charge is 0.324 e. The largest absolute Gasteiger partial charge is 0.480 e. The highest BCUT2D eigenvalue weighted by Crippen LogP contribution is 2.38. The van der Waals surface area contributed by atoms with Crippen LogP contribution in [0.5, 0.6) is 0 Å². The number of aliphatic carboxylic acids is 1. The summed E-state index contributed by atoms with van der Waals surface area (Å²) >= 11 is 0. The Balaban J connectivity index is 1.88. The SMILES string of the molecule is CNC1(C(=O)O)CCCC1CCN1CCS(=O)CC1. The Morgan fingerprint density at radius 1 is 1.47 bits per heavy atom. The number of nitrogens with zero attached hydrogens (tertiary/aromatic N) is 1. The van der Waals surface area contributed by atoms with E-state index in [0.29, 0.717) is 0 Å². The number of nitrogens with one attached hydrogen (secondary N) is 1. The maximum absolute atomic E-state index is 11.5. The molecular formula is C13H24N2O3S. The fourth-order valence-corrected chi connectivity index (χ4v) is 4.55. The normalized spacial score (nSPS) is 33.6. The molecule has 19 heavy (non-hydrogen) atoms. The van der Waals surface area contributed by atoms with Crippen molar-refractivity contribution < 1.29 is 14.1 Å². The van der Waals surface area contributed by atoms with Crippen LogP contribution in [0.2, 0.25) is 0 Å². The van der Waals surface area contributed by atoms with Gasteiger partial charge in [-0.15, -0.1) is 0 Å². The summed E-state index contributed by atoms with van der Waals surface area (Å²) in [6.45, 7) is 2.70. The molecular weight excluding hydrogens is 264 g/mol. The first-order valence-corrected chi connectivity index (χ1v) is 8.57. The van der Waals surface area contributed by atoms with Crippen LogP contribution in [-0.2, 0) is 15.6 Å². The van der Waals surface area contributed by atoms with Crippen LogP contribution >= 0.6 is 0 Å². The van der Waals surface area contributed by atoms with E-state index in [1.54, 1.807) is 7.05 Å². The second kappa shape index (κ2) is 6.33. The number of hydrogen-bond acceptors (Lipinski definition) is 4. The average molecular weight is 288 g/mol. The van der Waals surface area contributed by atoms with Crippen molar-refractivity contribution in [2.45, 2.75) is 31.2 Å². The summed E-state index contributed by atoms with van der Waals surface area (Å²) in [4.78, 5) is 13.9. The highest BCUT2D eigenvalue weighted by Gasteiger charge is 2.47. The van der Waals surface area contributed by atoms with Crippen molar-refractivity contribution in [1.82, 2.24) is 10.2 Å². The van der Waals surface area contributed by atoms with Crippen LogP contribution in [0.3, 0.4) is 0 Å². The van der Waals surface area contributed by atoms with Crippen LogP contribution in [0.25, 0.3) is 0 Å². The minimum atomic E-state index is -0.724. The first kappa shape index (κ1) is 14.9. The standard InChI is InChI=1S/C13H24N2O3S/c1-14-13(12(16)17)5-2-3-11(13)4-6-15-7-9-19(18)10-8-15/h11,14H,2-10H2,1H3,(H,16,17). The predicted molar refractivity (Wildman–Crippen MR) is 75.7 cm³/mol. The van der Waals surface area contributed by atoms with Crippen molar-refractivity contribution in [2.75, 3.05) is 38.2 Å². The van der Waals surface area contributed by atoms with E-state index in [1.807, 2.05) is 0 Å². The third kappa shape index (κ3) is 3.17. The van der Waals surface area contributed by atoms with E-state index in [0.717, 1.165) is 56.8 Å². The third-order valence-corrected chi connectivity index (χ3v) is 5.99. The minimum Gasteiger partial charge on any atom is -0.480 e. The van der Waals surface area contributed by atoms with Crippen molar-refractivity contribution in [3.63, 3.8) is 0 Å². The molecule has 0 bridgehead atoms. The number of carboxylic acids is 1. The Hall–Kier alpha value is -0.460. The molecule has 6 heteroatoms. The van der Waals surface area contributed by atoms with E-state index in [2.05, 4.69) is 10.2 Å². The molecule has 2 unspecified atom stereocenters. The van der Waals surface area contributed by atoms with Gasteiger partial charge in [0.15, 0.2) is 0 Å². The van der Waals surface area contributed by atoms with Gasteiger partial charge in [0.05, 0.1) is 0 Å². The number of hydrogen-bond donors (Lipinski definition) is 2. The zero-order chi connectivity index (χ0) is 13.9. The fourth-order valence-electron chi connectivity index (χ4n) is 3.42. The number of carbonyl (C=O) groups is 1. The van der Waals surface area contributed by atoms with Crippen LogP contribution < -0.4 is 5.32 Å². The topological polar surface area (TPSA) is 69.6 Å². The third-order valence-electron chi connectivity index (χ3n) is 4.71. The minimum absolute atomic E-state index is 0.211. The molecule has 0 aromatic carbocycles. The Morgan fingerprint density at radius 3 is 2.74 bits per heavy atom. The van der Waals surface area contributed by atoms with Gasteiger partial charge in [-0.1, -0.05) is 6.42 Å². The second-order valence-corrected chi connectivity index (χ2v) is 7.29. The molecule has 0 amide bonds. The van der Waals surface area contributed by atoms with Gasteiger partial charge in [-0.2, -0.15) is 0 Å². The summed E-state index contributed by atoms with van der Waals surface area (Å²) in [5.41, 5.74) is -0.724. The monoisotopic (exact) mass is 288 g/mol. The first-order valence-electron chi connectivity index (χ1n) is 7.08. The molecule has 110 valence electrons. The van der Waals surface area contributed by atoms with E-state index in [9.17, 15) is 14.1 Å². The summed E-state index contributed by atoms with van der Waals surface area (Å²) in [5, 5.41) is 12.5. The summed E-state index contributed by atoms with van der Waals surface area (Å²) in [6.07, 6.45) is 3.63. The van der Waals surface area contributed by atoms with Crippen LogP contribution in [0.15, 0.2) is 0 Å². The van der Waals surface area contributed by atoms with Gasteiger partial charge in [0.2, 0.25) is 0 Å². The maximum atomic E-state index is 11.5. The molecule has 0 radical (unpaired) electrons. The molecule has 1 heterocycles. The highest BCUT2D eigenvalue weighted by molar-refractivity contribution is 7.85. The fraction of sp³-hybridized carbons (Fsp3) is 0.923. The van der Waals surface area contributed by atoms with Gasteiger partial charge in [-0.25, -0.2) is 0 Å². The average Bonchev–Trinajstić information content (AvgIpc) is 2.82. The Bertz CT molecular complexity index is 354. The van der Waals surface area contributed by atoms with Gasteiger partial charge in [0.25, 0.3) is 0 Å². The molecule has 2 aliphatic rings. The molecule has 1 saturated carbocycles. The van der Waals surface area contributed by atoms with Gasteiger partial charge in [-0.05, 0) is 38.8 Å². The van der Waals surface area contributed by atoms with Gasteiger partial charge in [0.1, 0.15) is 5.54 Å². The quantitative estimate of drug-likeness (QED) is 0.761. The first-order chi connectivity index (χ1) is 9.08. The Morgan fingerprint density at radius 2 is 2.16 bits per heavy atom. The Kier molecular flexibility index (Phi) is 4.97. The molecule has 1 aliphatic carbocycles. The number of carboxylic acid groups (broad SMARTS) is 1. The molecule has 1 aliphatic heterocycles. The number of rotatable bonds is 5. The van der Waals surface area contributed by atoms with Gasteiger partial charge >= 0.3 is 5.97 Å². The zero-order valence-corrected chi connectivity index (χ0v) is 12.4. The molecule has 0 aromatic heterocycles. The lowest BCUT2D eigenvalue weighted by Gasteiger charge is -2.33. The van der Waals surface area contributed by atoms with E-state index in [-0.39, 0.29) is 5.92 Å². The van der Waals surface area contributed by atoms with Gasteiger partial charge < -0.3 is 15.3 Å². The summed E-state index contributed by atoms with van der Waals surface area (Å²) < 4.78 is 11.3. The maximum Gasteiger partial charge on any atom is 0.324 e. The van der Waals surface area contributed by atoms with Crippen molar-refractivity contribution in [3.8, 4) is 0 Å². The van der Waals surface area contributed by atoms with Crippen molar-refractivity contribution in [3.05, 3.63) is 0 Å². The molecule has 2 rings (SSSR count). The molecule has 1 saturated heterocycles. The van der Waals surface area contributed by atoms with Gasteiger partial charge in [-0.3, -0.25) is 9.00 Å². The molecule has 2 atom stereocenters. The molecule has 5 nitrogen and oxygen atoms in total. The summed E-state index contributed by atoms with van der Waals surface area (Å²) in [7, 11) is 1.12. The van der Waals surface area contributed by atoms with Gasteiger partial charge in [0, 0.05) is 35.4 Å². The van der Waals surface area contributed by atoms with Crippen LogP contribution in [0.1, 0.15) is 25.7 Å². The lowest BCUT2D eigenvalue weighted by Crippen LogP contribution is -2.53. The zero-order valence-electron chi connectivity index (χ0n) is 11.6. The van der Waals surface area contributed by atoms with Crippen molar-refractivity contribution in [1.29, 1.82) is 0 Å². The molecule has 0 aromatic rings. The second-order valence-electron chi connectivity index (χ2n) is 5.59. The molecule has 0 spiro atoms. The Labute approximate surface area is 117 Å². The predicted octanol–water partition coefficient (Wildman–Crippen LogP) is 0.284. The van der Waals surface area contributed by atoms with Crippen molar-refractivity contribution >= 4 is 16.8 Å². The highest BCUT2D eigenvalue weighted by atomic mass is 32.2. The van der Waals surface area contributed by atoms with E-state index < -0.39 is 22.3 Å². The lowest BCUT2D eigenvalue weighted by atomic mass is 9.84. The molecule has 2 N–H and O–H groups in total. The summed E-state index contributed by atoms with van der Waals surface area (Å²) in [6, 6.07) is 0. The molecule has 2 fully saturated rings. The van der Waals surface area contributed by atoms with Crippen LogP contribution in [0, 0.1) is 5.92 Å². The van der Waals surface area contributed by atoms with Crippen molar-refractivity contribution in [2.24, 2.45) is 5.92 Å². The van der Waals surface area contributed by atoms with Crippen LogP contribution in [0.4, 0.5) is 0 Å². The van der Waals surface area contributed by atoms with E-state index in [4.69, 9.17) is 0 Å². The van der Waals surface area contributed by atoms with E-state index in [1.165, 1.54) is 0 Å². The van der Waals surface area contributed by atoms with E-state index >= 15 is 0 Å². The lowest BCUT2D eigenvalue weighted by molar-refractivity contribution is -0.146.